The second kappa shape index (κ2) is 8.49. The third-order valence-corrected chi connectivity index (χ3v) is 4.19. The molecule has 3 N–H and O–H groups in total. The number of rotatable bonds is 8. The number of aliphatic hydroxyl groups is 1. The van der Waals surface area contributed by atoms with Gasteiger partial charge in [0, 0.05) is 30.5 Å². The van der Waals surface area contributed by atoms with E-state index < -0.39 is 5.54 Å². The van der Waals surface area contributed by atoms with Gasteiger partial charge in [0.25, 0.3) is 0 Å². The van der Waals surface area contributed by atoms with E-state index in [-0.39, 0.29) is 12.6 Å². The predicted octanol–water partition coefficient (Wildman–Crippen LogP) is 2.28. The lowest BCUT2D eigenvalue weighted by Gasteiger charge is -2.28. The molecule has 6 heteroatoms. The van der Waals surface area contributed by atoms with Gasteiger partial charge in [-0.05, 0) is 25.3 Å². The Labute approximate surface area is 142 Å². The molecular formula is C18H26N4O2. The molecule has 6 nitrogen and oxygen atoms in total. The van der Waals surface area contributed by atoms with Crippen LogP contribution < -0.4 is 10.6 Å². The summed E-state index contributed by atoms with van der Waals surface area (Å²) in [7, 11) is 0. The summed E-state index contributed by atoms with van der Waals surface area (Å²) in [5.74, 6) is 0. The fourth-order valence-electron chi connectivity index (χ4n) is 2.43. The van der Waals surface area contributed by atoms with Crippen LogP contribution in [0.4, 0.5) is 4.79 Å². The molecule has 0 radical (unpaired) electrons. The maximum absolute atomic E-state index is 12.0. The van der Waals surface area contributed by atoms with E-state index in [1.807, 2.05) is 42.9 Å². The van der Waals surface area contributed by atoms with Gasteiger partial charge in [-0.15, -0.1) is 0 Å². The van der Waals surface area contributed by atoms with E-state index in [2.05, 4.69) is 27.9 Å². The van der Waals surface area contributed by atoms with Crippen LogP contribution >= 0.6 is 0 Å². The normalized spacial score (nSPS) is 13.3. The lowest BCUT2D eigenvalue weighted by Crippen LogP contribution is -2.50. The van der Waals surface area contributed by atoms with Crippen LogP contribution in [0.15, 0.2) is 42.7 Å². The number of carbonyl (C=O) groups excluding carboxylic acids is 1. The minimum absolute atomic E-state index is 0.0525. The monoisotopic (exact) mass is 330 g/mol. The molecule has 1 heterocycles. The number of amides is 2. The van der Waals surface area contributed by atoms with Crippen molar-refractivity contribution < 1.29 is 9.90 Å². The van der Waals surface area contributed by atoms with Crippen molar-refractivity contribution in [2.24, 2.45) is 0 Å². The van der Waals surface area contributed by atoms with Gasteiger partial charge < -0.3 is 15.7 Å². The van der Waals surface area contributed by atoms with Crippen LogP contribution in [0.25, 0.3) is 0 Å². The molecular weight excluding hydrogens is 304 g/mol. The standard InChI is InChI=1S/C18H26N4O2/c1-3-18(2,9-10-23)21-17(24)19-11-16-12-20-22(14-16)13-15-7-5-4-6-8-15/h4-8,12,14,23H,3,9-11,13H2,1-2H3,(H2,19,21,24). The van der Waals surface area contributed by atoms with Crippen LogP contribution in [0.5, 0.6) is 0 Å². The summed E-state index contributed by atoms with van der Waals surface area (Å²) in [5.41, 5.74) is 1.73. The number of aliphatic hydroxyl groups excluding tert-OH is 1. The Balaban J connectivity index is 1.83. The second-order valence-electron chi connectivity index (χ2n) is 6.23. The largest absolute Gasteiger partial charge is 0.396 e. The quantitative estimate of drug-likeness (QED) is 0.695. The molecule has 1 aromatic heterocycles. The number of nitrogens with one attached hydrogen (secondary N) is 2. The Bertz CT molecular complexity index is 641. The Kier molecular flexibility index (Phi) is 6.37. The van der Waals surface area contributed by atoms with Crippen molar-refractivity contribution in [3.05, 3.63) is 53.9 Å². The maximum atomic E-state index is 12.0. The van der Waals surface area contributed by atoms with Crippen molar-refractivity contribution in [2.45, 2.75) is 45.3 Å². The first-order valence-electron chi connectivity index (χ1n) is 8.27. The zero-order valence-corrected chi connectivity index (χ0v) is 14.3. The molecule has 0 bridgehead atoms. The number of benzene rings is 1. The van der Waals surface area contributed by atoms with Gasteiger partial charge in [-0.3, -0.25) is 4.68 Å². The smallest absolute Gasteiger partial charge is 0.315 e. The fraction of sp³-hybridized carbons (Fsp3) is 0.444. The van der Waals surface area contributed by atoms with Crippen LogP contribution in [0.3, 0.4) is 0 Å². The van der Waals surface area contributed by atoms with E-state index in [0.717, 1.165) is 12.0 Å². The third-order valence-electron chi connectivity index (χ3n) is 4.19. The van der Waals surface area contributed by atoms with Crippen LogP contribution in [0.1, 0.15) is 37.8 Å². The summed E-state index contributed by atoms with van der Waals surface area (Å²) in [6.07, 6.45) is 4.98. The molecule has 0 aliphatic heterocycles. The molecule has 1 unspecified atom stereocenters. The number of hydrogen-bond acceptors (Lipinski definition) is 3. The molecule has 0 saturated heterocycles. The first-order chi connectivity index (χ1) is 11.5. The first-order valence-corrected chi connectivity index (χ1v) is 8.27. The molecule has 130 valence electrons. The minimum atomic E-state index is -0.393. The second-order valence-corrected chi connectivity index (χ2v) is 6.23. The summed E-state index contributed by atoms with van der Waals surface area (Å²) in [6, 6.07) is 9.87. The van der Waals surface area contributed by atoms with Crippen molar-refractivity contribution in [3.8, 4) is 0 Å². The van der Waals surface area contributed by atoms with E-state index in [9.17, 15) is 4.79 Å². The fourth-order valence-corrected chi connectivity index (χ4v) is 2.43. The number of aromatic nitrogens is 2. The summed E-state index contributed by atoms with van der Waals surface area (Å²) < 4.78 is 1.85. The highest BCUT2D eigenvalue weighted by Crippen LogP contribution is 2.13. The highest BCUT2D eigenvalue weighted by atomic mass is 16.3. The number of carbonyl (C=O) groups is 1. The predicted molar refractivity (Wildman–Crippen MR) is 93.5 cm³/mol. The van der Waals surface area contributed by atoms with Crippen LogP contribution in [0, 0.1) is 0 Å². The summed E-state index contributed by atoms with van der Waals surface area (Å²) in [5, 5.41) is 19.2. The van der Waals surface area contributed by atoms with Crippen LogP contribution in [-0.2, 0) is 13.1 Å². The zero-order valence-electron chi connectivity index (χ0n) is 14.3. The van der Waals surface area contributed by atoms with Crippen molar-refractivity contribution in [2.75, 3.05) is 6.61 Å². The number of nitrogens with zero attached hydrogens (tertiary/aromatic N) is 2. The van der Waals surface area contributed by atoms with Gasteiger partial charge in [0.2, 0.25) is 0 Å². The molecule has 2 aromatic rings. The Morgan fingerprint density at radius 3 is 2.71 bits per heavy atom. The van der Waals surface area contributed by atoms with E-state index in [1.54, 1.807) is 6.20 Å². The van der Waals surface area contributed by atoms with E-state index >= 15 is 0 Å². The van der Waals surface area contributed by atoms with Crippen molar-refractivity contribution in [1.82, 2.24) is 20.4 Å². The van der Waals surface area contributed by atoms with Gasteiger partial charge in [-0.2, -0.15) is 5.10 Å². The van der Waals surface area contributed by atoms with E-state index in [1.165, 1.54) is 5.56 Å². The topological polar surface area (TPSA) is 79.2 Å². The molecule has 2 amide bonds. The van der Waals surface area contributed by atoms with E-state index in [0.29, 0.717) is 19.5 Å². The molecule has 1 atom stereocenters. The SMILES string of the molecule is CCC(C)(CCO)NC(=O)NCc1cnn(Cc2ccccc2)c1. The van der Waals surface area contributed by atoms with Gasteiger partial charge in [0.1, 0.15) is 0 Å². The molecule has 0 fully saturated rings. The molecule has 2 rings (SSSR count). The lowest BCUT2D eigenvalue weighted by atomic mass is 9.95. The van der Waals surface area contributed by atoms with Gasteiger partial charge in [0.05, 0.1) is 12.7 Å². The van der Waals surface area contributed by atoms with Crippen LogP contribution in [0.2, 0.25) is 0 Å². The lowest BCUT2D eigenvalue weighted by molar-refractivity contribution is 0.200. The Hall–Kier alpha value is -2.34. The molecule has 0 saturated carbocycles. The summed E-state index contributed by atoms with van der Waals surface area (Å²) in [6.45, 7) is 5.10. The zero-order chi connectivity index (χ0) is 17.4. The maximum Gasteiger partial charge on any atom is 0.315 e. The highest BCUT2D eigenvalue weighted by molar-refractivity contribution is 5.74. The molecule has 0 aliphatic carbocycles. The van der Waals surface area contributed by atoms with E-state index in [4.69, 9.17) is 5.11 Å². The van der Waals surface area contributed by atoms with Crippen molar-refractivity contribution >= 4 is 6.03 Å². The van der Waals surface area contributed by atoms with Gasteiger partial charge >= 0.3 is 6.03 Å². The Morgan fingerprint density at radius 2 is 2.04 bits per heavy atom. The van der Waals surface area contributed by atoms with Crippen molar-refractivity contribution in [3.63, 3.8) is 0 Å². The third kappa shape index (κ3) is 5.38. The van der Waals surface area contributed by atoms with Gasteiger partial charge in [-0.25, -0.2) is 4.79 Å². The highest BCUT2D eigenvalue weighted by Gasteiger charge is 2.23. The average Bonchev–Trinajstić information content (AvgIpc) is 3.01. The summed E-state index contributed by atoms with van der Waals surface area (Å²) >= 11 is 0. The number of hydrogen-bond donors (Lipinski definition) is 3. The Morgan fingerprint density at radius 1 is 1.29 bits per heavy atom. The van der Waals surface area contributed by atoms with Crippen LogP contribution in [-0.4, -0.2) is 33.1 Å². The molecule has 0 aliphatic rings. The molecule has 0 spiro atoms. The molecule has 1 aromatic carbocycles. The minimum Gasteiger partial charge on any atom is -0.396 e. The van der Waals surface area contributed by atoms with Crippen molar-refractivity contribution in [1.29, 1.82) is 0 Å². The average molecular weight is 330 g/mol. The first kappa shape index (κ1) is 18.0. The summed E-state index contributed by atoms with van der Waals surface area (Å²) in [4.78, 5) is 12.0. The van der Waals surface area contributed by atoms with Gasteiger partial charge in [-0.1, -0.05) is 37.3 Å². The van der Waals surface area contributed by atoms with Gasteiger partial charge in [0.15, 0.2) is 0 Å². The molecule has 24 heavy (non-hydrogen) atoms. The number of urea groups is 1.